The van der Waals surface area contributed by atoms with Gasteiger partial charge in [-0.2, -0.15) is 0 Å². The molecule has 0 spiro atoms. The van der Waals surface area contributed by atoms with Crippen LogP contribution in [0.4, 0.5) is 10.3 Å². The van der Waals surface area contributed by atoms with Crippen molar-refractivity contribution in [3.8, 4) is 0 Å². The van der Waals surface area contributed by atoms with Crippen molar-refractivity contribution in [1.82, 2.24) is 19.9 Å². The largest absolute Gasteiger partial charge is 0.347 e. The average molecular weight is 257 g/mol. The number of aromatic amines is 1. The molecule has 6 heteroatoms. The number of anilines is 1. The van der Waals surface area contributed by atoms with E-state index in [-0.39, 0.29) is 0 Å². The number of H-pyrrole nitrogens is 1. The third-order valence-electron chi connectivity index (χ3n) is 2.80. The van der Waals surface area contributed by atoms with Crippen LogP contribution in [-0.4, -0.2) is 19.9 Å². The SMILES string of the molecule is Cc1cccc2[nH]c(CNc3ncc(F)cn3)nc12. The van der Waals surface area contributed by atoms with Gasteiger partial charge in [0, 0.05) is 0 Å². The minimum atomic E-state index is -0.454. The number of aryl methyl sites for hydroxylation is 1. The van der Waals surface area contributed by atoms with E-state index in [1.54, 1.807) is 0 Å². The Balaban J connectivity index is 1.78. The summed E-state index contributed by atoms with van der Waals surface area (Å²) in [5.41, 5.74) is 3.08. The molecule has 3 aromatic rings. The Labute approximate surface area is 108 Å². The van der Waals surface area contributed by atoms with Gasteiger partial charge >= 0.3 is 0 Å². The molecule has 0 atom stereocenters. The monoisotopic (exact) mass is 257 g/mol. The molecule has 0 fully saturated rings. The molecule has 0 aliphatic heterocycles. The minimum absolute atomic E-state index is 0.374. The topological polar surface area (TPSA) is 66.5 Å². The number of fused-ring (bicyclic) bond motifs is 1. The smallest absolute Gasteiger partial charge is 0.223 e. The summed E-state index contributed by atoms with van der Waals surface area (Å²) in [6.45, 7) is 2.48. The van der Waals surface area contributed by atoms with Crippen molar-refractivity contribution in [2.75, 3.05) is 5.32 Å². The summed E-state index contributed by atoms with van der Waals surface area (Å²) in [6, 6.07) is 5.98. The Morgan fingerprint density at radius 3 is 2.79 bits per heavy atom. The van der Waals surface area contributed by atoms with Crippen molar-refractivity contribution >= 4 is 17.0 Å². The fourth-order valence-electron chi connectivity index (χ4n) is 1.88. The van der Waals surface area contributed by atoms with E-state index in [0.29, 0.717) is 12.5 Å². The lowest BCUT2D eigenvalue weighted by atomic mass is 10.2. The fourth-order valence-corrected chi connectivity index (χ4v) is 1.88. The summed E-state index contributed by atoms with van der Waals surface area (Å²) < 4.78 is 12.7. The van der Waals surface area contributed by atoms with Crippen molar-refractivity contribution in [1.29, 1.82) is 0 Å². The molecule has 96 valence electrons. The average Bonchev–Trinajstić information content (AvgIpc) is 2.83. The lowest BCUT2D eigenvalue weighted by Crippen LogP contribution is -2.04. The number of aromatic nitrogens is 4. The van der Waals surface area contributed by atoms with E-state index in [1.807, 2.05) is 25.1 Å². The quantitative estimate of drug-likeness (QED) is 0.756. The molecule has 0 unspecified atom stereocenters. The summed E-state index contributed by atoms with van der Waals surface area (Å²) in [6.07, 6.45) is 2.25. The van der Waals surface area contributed by atoms with Crippen LogP contribution in [0.2, 0.25) is 0 Å². The number of hydrogen-bond donors (Lipinski definition) is 2. The first kappa shape index (κ1) is 11.6. The highest BCUT2D eigenvalue weighted by Crippen LogP contribution is 2.15. The molecule has 5 nitrogen and oxygen atoms in total. The standard InChI is InChI=1S/C13H12FN5/c1-8-3-2-4-10-12(8)19-11(18-10)7-17-13-15-5-9(14)6-16-13/h2-6H,7H2,1H3,(H,18,19)(H,15,16,17). The second-order valence-corrected chi connectivity index (χ2v) is 4.23. The van der Waals surface area contributed by atoms with E-state index in [1.165, 1.54) is 0 Å². The zero-order valence-corrected chi connectivity index (χ0v) is 10.3. The summed E-state index contributed by atoms with van der Waals surface area (Å²) in [7, 11) is 0. The Morgan fingerprint density at radius 2 is 2.05 bits per heavy atom. The molecule has 3 rings (SSSR count). The van der Waals surface area contributed by atoms with Gasteiger partial charge in [0.25, 0.3) is 0 Å². The van der Waals surface area contributed by atoms with Gasteiger partial charge in [0.1, 0.15) is 5.82 Å². The Morgan fingerprint density at radius 1 is 1.26 bits per heavy atom. The van der Waals surface area contributed by atoms with Crippen molar-refractivity contribution in [3.63, 3.8) is 0 Å². The van der Waals surface area contributed by atoms with Crippen LogP contribution >= 0.6 is 0 Å². The Hall–Kier alpha value is -2.50. The predicted octanol–water partition coefficient (Wildman–Crippen LogP) is 2.41. The van der Waals surface area contributed by atoms with Crippen LogP contribution in [0.15, 0.2) is 30.6 Å². The molecule has 0 saturated carbocycles. The normalized spacial score (nSPS) is 10.8. The minimum Gasteiger partial charge on any atom is -0.347 e. The van der Waals surface area contributed by atoms with Crippen LogP contribution in [0.1, 0.15) is 11.4 Å². The van der Waals surface area contributed by atoms with Gasteiger partial charge in [0.2, 0.25) is 5.95 Å². The molecule has 2 aromatic heterocycles. The van der Waals surface area contributed by atoms with Crippen LogP contribution in [0.25, 0.3) is 11.0 Å². The first-order chi connectivity index (χ1) is 9.22. The number of halogens is 1. The second-order valence-electron chi connectivity index (χ2n) is 4.23. The van der Waals surface area contributed by atoms with E-state index in [4.69, 9.17) is 0 Å². The van der Waals surface area contributed by atoms with Crippen LogP contribution in [0.3, 0.4) is 0 Å². The maximum Gasteiger partial charge on any atom is 0.223 e. The van der Waals surface area contributed by atoms with E-state index in [0.717, 1.165) is 34.8 Å². The zero-order chi connectivity index (χ0) is 13.2. The molecule has 0 aliphatic carbocycles. The van der Waals surface area contributed by atoms with E-state index >= 15 is 0 Å². The highest BCUT2D eigenvalue weighted by atomic mass is 19.1. The molecular formula is C13H12FN5. The van der Waals surface area contributed by atoms with E-state index in [9.17, 15) is 4.39 Å². The lowest BCUT2D eigenvalue weighted by molar-refractivity contribution is 0.614. The van der Waals surface area contributed by atoms with Gasteiger partial charge < -0.3 is 10.3 Å². The molecule has 0 aliphatic rings. The fraction of sp³-hybridized carbons (Fsp3) is 0.154. The van der Waals surface area contributed by atoms with Crippen molar-refractivity contribution in [2.45, 2.75) is 13.5 Å². The number of para-hydroxylation sites is 1. The highest BCUT2D eigenvalue weighted by Gasteiger charge is 2.05. The highest BCUT2D eigenvalue weighted by molar-refractivity contribution is 5.78. The molecular weight excluding hydrogens is 245 g/mol. The molecule has 2 heterocycles. The third kappa shape index (κ3) is 2.37. The molecule has 19 heavy (non-hydrogen) atoms. The molecule has 0 amide bonds. The summed E-state index contributed by atoms with van der Waals surface area (Å²) >= 11 is 0. The number of nitrogens with one attached hydrogen (secondary N) is 2. The number of rotatable bonds is 3. The van der Waals surface area contributed by atoms with Crippen LogP contribution in [0, 0.1) is 12.7 Å². The first-order valence-electron chi connectivity index (χ1n) is 5.88. The van der Waals surface area contributed by atoms with Gasteiger partial charge in [-0.15, -0.1) is 0 Å². The maximum absolute atomic E-state index is 12.7. The van der Waals surface area contributed by atoms with Crippen LogP contribution in [0.5, 0.6) is 0 Å². The van der Waals surface area contributed by atoms with Gasteiger partial charge in [-0.05, 0) is 18.6 Å². The lowest BCUT2D eigenvalue weighted by Gasteiger charge is -2.00. The van der Waals surface area contributed by atoms with Gasteiger partial charge in [0.05, 0.1) is 30.0 Å². The summed E-state index contributed by atoms with van der Waals surface area (Å²) in [4.78, 5) is 15.4. The van der Waals surface area contributed by atoms with Gasteiger partial charge in [-0.25, -0.2) is 19.3 Å². The van der Waals surface area contributed by atoms with Gasteiger partial charge in [-0.3, -0.25) is 0 Å². The Kier molecular flexibility index (Phi) is 2.83. The van der Waals surface area contributed by atoms with Gasteiger partial charge in [0.15, 0.2) is 5.82 Å². The molecule has 0 radical (unpaired) electrons. The first-order valence-corrected chi connectivity index (χ1v) is 5.88. The van der Waals surface area contributed by atoms with Crippen molar-refractivity contribution in [2.24, 2.45) is 0 Å². The zero-order valence-electron chi connectivity index (χ0n) is 10.3. The van der Waals surface area contributed by atoms with Gasteiger partial charge in [-0.1, -0.05) is 12.1 Å². The summed E-state index contributed by atoms with van der Waals surface area (Å²) in [5, 5.41) is 2.99. The Bertz CT molecular complexity index is 705. The maximum atomic E-state index is 12.7. The van der Waals surface area contributed by atoms with Crippen LogP contribution in [-0.2, 0) is 6.54 Å². The van der Waals surface area contributed by atoms with Crippen LogP contribution < -0.4 is 5.32 Å². The predicted molar refractivity (Wildman–Crippen MR) is 70.1 cm³/mol. The molecule has 2 N–H and O–H groups in total. The third-order valence-corrected chi connectivity index (χ3v) is 2.80. The summed E-state index contributed by atoms with van der Waals surface area (Å²) in [5.74, 6) is 0.709. The molecule has 0 saturated heterocycles. The number of nitrogens with zero attached hydrogens (tertiary/aromatic N) is 3. The van der Waals surface area contributed by atoms with Crippen molar-refractivity contribution < 1.29 is 4.39 Å². The number of benzene rings is 1. The number of hydrogen-bond acceptors (Lipinski definition) is 4. The molecule has 0 bridgehead atoms. The number of imidazole rings is 1. The van der Waals surface area contributed by atoms with Crippen molar-refractivity contribution in [3.05, 3.63) is 47.8 Å². The van der Waals surface area contributed by atoms with E-state index < -0.39 is 5.82 Å². The van der Waals surface area contributed by atoms with E-state index in [2.05, 4.69) is 25.3 Å². The second kappa shape index (κ2) is 4.64. The molecule has 1 aromatic carbocycles.